The number of ether oxygens (including phenoxy) is 1. The number of methoxy groups -OCH3 is 1. The van der Waals surface area contributed by atoms with Gasteiger partial charge in [0.25, 0.3) is 0 Å². The van der Waals surface area contributed by atoms with E-state index in [0.29, 0.717) is 16.5 Å². The van der Waals surface area contributed by atoms with Crippen LogP contribution in [0.15, 0.2) is 54.6 Å². The van der Waals surface area contributed by atoms with Crippen LogP contribution in [0.25, 0.3) is 6.08 Å². The van der Waals surface area contributed by atoms with E-state index in [4.69, 9.17) is 16.3 Å². The zero-order valence-corrected chi connectivity index (χ0v) is 14.8. The van der Waals surface area contributed by atoms with E-state index in [2.05, 4.69) is 5.32 Å². The number of likely N-dealkylation sites (N-methyl/N-ethyl adjacent to an activating group) is 1. The molecule has 0 radical (unpaired) electrons. The van der Waals surface area contributed by atoms with E-state index in [1.54, 1.807) is 50.6 Å². The van der Waals surface area contributed by atoms with E-state index in [0.717, 1.165) is 5.56 Å². The highest BCUT2D eigenvalue weighted by Gasteiger charge is 2.11. The average Bonchev–Trinajstić information content (AvgIpc) is 2.61. The largest absolute Gasteiger partial charge is 0.497 e. The third-order valence-electron chi connectivity index (χ3n) is 3.44. The van der Waals surface area contributed by atoms with Gasteiger partial charge in [-0.15, -0.1) is 0 Å². The van der Waals surface area contributed by atoms with Gasteiger partial charge < -0.3 is 15.0 Å². The molecule has 0 unspecified atom stereocenters. The molecule has 0 fully saturated rings. The molecule has 0 heterocycles. The van der Waals surface area contributed by atoms with Gasteiger partial charge in [0.2, 0.25) is 11.8 Å². The molecular formula is C19H19ClN2O3. The van der Waals surface area contributed by atoms with Crippen molar-refractivity contribution in [2.45, 2.75) is 0 Å². The van der Waals surface area contributed by atoms with Gasteiger partial charge in [-0.1, -0.05) is 29.8 Å². The first-order chi connectivity index (χ1) is 12.0. The summed E-state index contributed by atoms with van der Waals surface area (Å²) in [6, 6.07) is 14.2. The number of carbonyl (C=O) groups excluding carboxylic acids is 2. The van der Waals surface area contributed by atoms with Crippen molar-refractivity contribution in [1.29, 1.82) is 0 Å². The van der Waals surface area contributed by atoms with Crippen LogP contribution in [0.4, 0.5) is 5.69 Å². The zero-order chi connectivity index (χ0) is 18.2. The highest BCUT2D eigenvalue weighted by atomic mass is 35.5. The lowest BCUT2D eigenvalue weighted by Crippen LogP contribution is -2.33. The molecule has 2 amide bonds. The van der Waals surface area contributed by atoms with Crippen LogP contribution in [-0.2, 0) is 9.59 Å². The average molecular weight is 359 g/mol. The Kier molecular flexibility index (Phi) is 6.60. The van der Waals surface area contributed by atoms with Crippen molar-refractivity contribution in [3.8, 4) is 5.75 Å². The number of nitrogens with zero attached hydrogens (tertiary/aromatic N) is 1. The number of amides is 2. The third-order valence-corrected chi connectivity index (χ3v) is 3.79. The lowest BCUT2D eigenvalue weighted by atomic mass is 10.2. The van der Waals surface area contributed by atoms with Gasteiger partial charge in [0.15, 0.2) is 0 Å². The molecule has 0 saturated carbocycles. The summed E-state index contributed by atoms with van der Waals surface area (Å²) >= 11 is 6.03. The van der Waals surface area contributed by atoms with Crippen LogP contribution in [0.3, 0.4) is 0 Å². The molecule has 2 rings (SSSR count). The molecule has 0 aromatic heterocycles. The first-order valence-electron chi connectivity index (χ1n) is 7.61. The quantitative estimate of drug-likeness (QED) is 0.804. The van der Waals surface area contributed by atoms with Gasteiger partial charge in [-0.2, -0.15) is 0 Å². The van der Waals surface area contributed by atoms with Gasteiger partial charge in [0.05, 0.1) is 13.7 Å². The van der Waals surface area contributed by atoms with Crippen molar-refractivity contribution in [3.63, 3.8) is 0 Å². The van der Waals surface area contributed by atoms with Crippen LogP contribution in [0.2, 0.25) is 5.02 Å². The Bertz CT molecular complexity index is 772. The summed E-state index contributed by atoms with van der Waals surface area (Å²) in [5.41, 5.74) is 1.38. The Morgan fingerprint density at radius 2 is 1.84 bits per heavy atom. The van der Waals surface area contributed by atoms with E-state index in [1.165, 1.54) is 11.0 Å². The highest BCUT2D eigenvalue weighted by molar-refractivity contribution is 6.32. The van der Waals surface area contributed by atoms with Crippen LogP contribution in [0.5, 0.6) is 5.75 Å². The molecule has 0 bridgehead atoms. The summed E-state index contributed by atoms with van der Waals surface area (Å²) < 4.78 is 5.06. The maximum atomic E-state index is 12.1. The Labute approximate surface area is 151 Å². The SMILES string of the molecule is COc1ccc(NC(=O)CN(C)C(=O)/C=C/c2ccccc2Cl)cc1. The summed E-state index contributed by atoms with van der Waals surface area (Å²) in [4.78, 5) is 25.5. The van der Waals surface area contributed by atoms with Crippen LogP contribution in [-0.4, -0.2) is 37.4 Å². The van der Waals surface area contributed by atoms with Crippen molar-refractivity contribution in [2.24, 2.45) is 0 Å². The minimum atomic E-state index is -0.287. The number of hydrogen-bond donors (Lipinski definition) is 1. The molecule has 5 nitrogen and oxygen atoms in total. The number of hydrogen-bond acceptors (Lipinski definition) is 3. The summed E-state index contributed by atoms with van der Waals surface area (Å²) in [6.07, 6.45) is 3.02. The van der Waals surface area contributed by atoms with Gasteiger partial charge in [0, 0.05) is 23.8 Å². The summed E-state index contributed by atoms with van der Waals surface area (Å²) in [7, 11) is 3.14. The molecule has 2 aromatic rings. The number of nitrogens with one attached hydrogen (secondary N) is 1. The highest BCUT2D eigenvalue weighted by Crippen LogP contribution is 2.16. The first kappa shape index (κ1) is 18.5. The monoisotopic (exact) mass is 358 g/mol. The molecular weight excluding hydrogens is 340 g/mol. The van der Waals surface area contributed by atoms with E-state index >= 15 is 0 Å². The standard InChI is InChI=1S/C19H19ClN2O3/c1-22(19(24)12-7-14-5-3-4-6-17(14)20)13-18(23)21-15-8-10-16(25-2)11-9-15/h3-12H,13H2,1-2H3,(H,21,23)/b12-7+. The maximum Gasteiger partial charge on any atom is 0.246 e. The number of benzene rings is 2. The number of carbonyl (C=O) groups is 2. The van der Waals surface area contributed by atoms with Crippen molar-refractivity contribution in [1.82, 2.24) is 4.90 Å². The molecule has 0 saturated heterocycles. The fraction of sp³-hybridized carbons (Fsp3) is 0.158. The number of rotatable bonds is 6. The number of anilines is 1. The summed E-state index contributed by atoms with van der Waals surface area (Å²) in [5, 5.41) is 3.29. The fourth-order valence-corrected chi connectivity index (χ4v) is 2.27. The Morgan fingerprint density at radius 1 is 1.16 bits per heavy atom. The molecule has 6 heteroatoms. The predicted octanol–water partition coefficient (Wildman–Crippen LogP) is 3.46. The third kappa shape index (κ3) is 5.65. The van der Waals surface area contributed by atoms with Crippen LogP contribution < -0.4 is 10.1 Å². The second-order valence-corrected chi connectivity index (χ2v) is 5.73. The fourth-order valence-electron chi connectivity index (χ4n) is 2.07. The van der Waals surface area contributed by atoms with Crippen molar-refractivity contribution < 1.29 is 14.3 Å². The molecule has 0 aliphatic heterocycles. The Morgan fingerprint density at radius 3 is 2.48 bits per heavy atom. The Balaban J connectivity index is 1.89. The molecule has 0 aliphatic rings. The molecule has 130 valence electrons. The summed E-state index contributed by atoms with van der Waals surface area (Å²) in [6.45, 7) is -0.0578. The van der Waals surface area contributed by atoms with Crippen LogP contribution in [0.1, 0.15) is 5.56 Å². The minimum Gasteiger partial charge on any atom is -0.497 e. The number of halogens is 1. The molecule has 25 heavy (non-hydrogen) atoms. The Hall–Kier alpha value is -2.79. The topological polar surface area (TPSA) is 58.6 Å². The van der Waals surface area contributed by atoms with Gasteiger partial charge in [-0.25, -0.2) is 0 Å². The van der Waals surface area contributed by atoms with Crippen molar-refractivity contribution in [2.75, 3.05) is 26.0 Å². The van der Waals surface area contributed by atoms with Crippen molar-refractivity contribution in [3.05, 3.63) is 65.2 Å². The zero-order valence-electron chi connectivity index (χ0n) is 14.0. The molecule has 1 N–H and O–H groups in total. The minimum absolute atomic E-state index is 0.0578. The van der Waals surface area contributed by atoms with Gasteiger partial charge in [-0.3, -0.25) is 9.59 Å². The van der Waals surface area contributed by atoms with Gasteiger partial charge in [-0.05, 0) is 42.0 Å². The predicted molar refractivity (Wildman–Crippen MR) is 99.7 cm³/mol. The smallest absolute Gasteiger partial charge is 0.246 e. The van der Waals surface area contributed by atoms with Gasteiger partial charge in [0.1, 0.15) is 5.75 Å². The van der Waals surface area contributed by atoms with E-state index in [1.807, 2.05) is 18.2 Å². The first-order valence-corrected chi connectivity index (χ1v) is 7.99. The lowest BCUT2D eigenvalue weighted by Gasteiger charge is -2.15. The maximum absolute atomic E-state index is 12.1. The van der Waals surface area contributed by atoms with E-state index < -0.39 is 0 Å². The second kappa shape index (κ2) is 8.89. The normalized spacial score (nSPS) is 10.5. The lowest BCUT2D eigenvalue weighted by molar-refractivity contribution is -0.129. The van der Waals surface area contributed by atoms with Crippen molar-refractivity contribution >= 4 is 35.2 Å². The van der Waals surface area contributed by atoms with E-state index in [-0.39, 0.29) is 18.4 Å². The summed E-state index contributed by atoms with van der Waals surface area (Å²) in [5.74, 6) is 0.131. The molecule has 2 aromatic carbocycles. The molecule has 0 aliphatic carbocycles. The van der Waals surface area contributed by atoms with Gasteiger partial charge >= 0.3 is 0 Å². The second-order valence-electron chi connectivity index (χ2n) is 5.33. The van der Waals surface area contributed by atoms with Crippen LogP contribution >= 0.6 is 11.6 Å². The van der Waals surface area contributed by atoms with E-state index in [9.17, 15) is 9.59 Å². The molecule has 0 atom stereocenters. The molecule has 0 spiro atoms. The van der Waals surface area contributed by atoms with Crippen LogP contribution in [0, 0.1) is 0 Å².